The van der Waals surface area contributed by atoms with E-state index in [0.29, 0.717) is 12.3 Å². The Labute approximate surface area is 163 Å². The number of anilines is 1. The highest BCUT2D eigenvalue weighted by molar-refractivity contribution is 5.91. The molecule has 6 nitrogen and oxygen atoms in total. The van der Waals surface area contributed by atoms with Crippen LogP contribution in [0.1, 0.15) is 18.1 Å². The average Bonchev–Trinajstić information content (AvgIpc) is 2.67. The Morgan fingerprint density at radius 1 is 1.07 bits per heavy atom. The van der Waals surface area contributed by atoms with Gasteiger partial charge in [0, 0.05) is 17.3 Å². The van der Waals surface area contributed by atoms with Gasteiger partial charge in [-0.15, -0.1) is 0 Å². The second-order valence-electron chi connectivity index (χ2n) is 6.54. The lowest BCUT2D eigenvalue weighted by Crippen LogP contribution is -2.29. The Balaban J connectivity index is 1.78. The normalized spacial score (nSPS) is 10.5. The molecule has 0 saturated heterocycles. The summed E-state index contributed by atoms with van der Waals surface area (Å²) in [7, 11) is 0. The Kier molecular flexibility index (Phi) is 5.89. The minimum absolute atomic E-state index is 0.156. The molecule has 1 amide bonds. The number of rotatable bonds is 6. The number of ether oxygens (including phenoxy) is 1. The molecule has 144 valence electrons. The van der Waals surface area contributed by atoms with Gasteiger partial charge in [0.2, 0.25) is 5.91 Å². The first kappa shape index (κ1) is 19.4. The Bertz CT molecular complexity index is 1040. The number of nitrogens with one attached hydrogen (secondary N) is 1. The van der Waals surface area contributed by atoms with Gasteiger partial charge in [0.25, 0.3) is 5.56 Å². The van der Waals surface area contributed by atoms with Gasteiger partial charge in [-0.25, -0.2) is 4.68 Å². The van der Waals surface area contributed by atoms with Gasteiger partial charge in [-0.05, 0) is 68.3 Å². The van der Waals surface area contributed by atoms with Crippen LogP contribution in [0.25, 0.3) is 11.3 Å². The molecular formula is C22H23N3O3. The number of carbonyl (C=O) groups excluding carboxylic acids is 1. The van der Waals surface area contributed by atoms with E-state index < -0.39 is 0 Å². The molecule has 1 aromatic heterocycles. The van der Waals surface area contributed by atoms with E-state index in [4.69, 9.17) is 4.74 Å². The van der Waals surface area contributed by atoms with Crippen LogP contribution in [0.2, 0.25) is 0 Å². The molecule has 1 N–H and O–H groups in total. The van der Waals surface area contributed by atoms with Crippen LogP contribution in [0.4, 0.5) is 5.69 Å². The first-order valence-corrected chi connectivity index (χ1v) is 9.15. The third kappa shape index (κ3) is 4.65. The molecular weight excluding hydrogens is 354 g/mol. The van der Waals surface area contributed by atoms with Crippen molar-refractivity contribution in [1.29, 1.82) is 0 Å². The van der Waals surface area contributed by atoms with Crippen LogP contribution in [0, 0.1) is 13.8 Å². The fraction of sp³-hybridized carbons (Fsp3) is 0.227. The van der Waals surface area contributed by atoms with Crippen LogP contribution in [0.3, 0.4) is 0 Å². The van der Waals surface area contributed by atoms with Crippen molar-refractivity contribution in [2.24, 2.45) is 0 Å². The fourth-order valence-corrected chi connectivity index (χ4v) is 2.80. The van der Waals surface area contributed by atoms with Gasteiger partial charge in [-0.3, -0.25) is 9.59 Å². The van der Waals surface area contributed by atoms with E-state index in [9.17, 15) is 9.59 Å². The van der Waals surface area contributed by atoms with Crippen LogP contribution < -0.4 is 15.6 Å². The van der Waals surface area contributed by atoms with Gasteiger partial charge >= 0.3 is 0 Å². The van der Waals surface area contributed by atoms with Gasteiger partial charge in [-0.2, -0.15) is 5.10 Å². The molecule has 0 aliphatic rings. The SMILES string of the molecule is CCOc1ccc(-c2ccc(=O)n(CC(=O)Nc3cc(C)ccc3C)n2)cc1. The molecule has 0 aliphatic heterocycles. The average molecular weight is 377 g/mol. The number of amides is 1. The zero-order chi connectivity index (χ0) is 20.1. The summed E-state index contributed by atoms with van der Waals surface area (Å²) in [5.41, 5.74) is 3.87. The molecule has 0 unspecified atom stereocenters. The van der Waals surface area contributed by atoms with E-state index in [-0.39, 0.29) is 18.0 Å². The maximum absolute atomic E-state index is 12.4. The maximum Gasteiger partial charge on any atom is 0.267 e. The first-order valence-electron chi connectivity index (χ1n) is 9.15. The first-order chi connectivity index (χ1) is 13.5. The molecule has 0 radical (unpaired) electrons. The predicted octanol–water partition coefficient (Wildman–Crippen LogP) is 3.56. The highest BCUT2D eigenvalue weighted by Gasteiger charge is 2.10. The topological polar surface area (TPSA) is 73.2 Å². The highest BCUT2D eigenvalue weighted by Crippen LogP contribution is 2.20. The lowest BCUT2D eigenvalue weighted by atomic mass is 10.1. The van der Waals surface area contributed by atoms with Crippen molar-refractivity contribution >= 4 is 11.6 Å². The van der Waals surface area contributed by atoms with Crippen LogP contribution in [0.5, 0.6) is 5.75 Å². The number of benzene rings is 2. The summed E-state index contributed by atoms with van der Waals surface area (Å²) >= 11 is 0. The molecule has 3 rings (SSSR count). The largest absolute Gasteiger partial charge is 0.494 e. The Morgan fingerprint density at radius 2 is 1.82 bits per heavy atom. The zero-order valence-corrected chi connectivity index (χ0v) is 16.2. The standard InChI is InChI=1S/C22H23N3O3/c1-4-28-18-9-7-17(8-10-18)19-11-12-22(27)25(24-19)14-21(26)23-20-13-15(2)5-6-16(20)3/h5-13H,4,14H2,1-3H3,(H,23,26). The van der Waals surface area contributed by atoms with Crippen LogP contribution in [-0.4, -0.2) is 22.3 Å². The molecule has 6 heteroatoms. The number of hydrogen-bond donors (Lipinski definition) is 1. The summed E-state index contributed by atoms with van der Waals surface area (Å²) in [5.74, 6) is 0.472. The van der Waals surface area contributed by atoms with Crippen molar-refractivity contribution in [3.05, 3.63) is 76.1 Å². The molecule has 0 spiro atoms. The number of carbonyl (C=O) groups is 1. The van der Waals surface area contributed by atoms with E-state index in [2.05, 4.69) is 10.4 Å². The second kappa shape index (κ2) is 8.52. The molecule has 0 bridgehead atoms. The third-order valence-electron chi connectivity index (χ3n) is 4.29. The van der Waals surface area contributed by atoms with E-state index >= 15 is 0 Å². The van der Waals surface area contributed by atoms with Gasteiger partial charge in [0.05, 0.1) is 12.3 Å². The lowest BCUT2D eigenvalue weighted by Gasteiger charge is -2.11. The number of aromatic nitrogens is 2. The quantitative estimate of drug-likeness (QED) is 0.713. The van der Waals surface area contributed by atoms with Crippen molar-refractivity contribution in [3.63, 3.8) is 0 Å². The predicted molar refractivity (Wildman–Crippen MR) is 110 cm³/mol. The molecule has 28 heavy (non-hydrogen) atoms. The zero-order valence-electron chi connectivity index (χ0n) is 16.2. The monoisotopic (exact) mass is 377 g/mol. The van der Waals surface area contributed by atoms with Crippen LogP contribution in [0.15, 0.2) is 59.4 Å². The third-order valence-corrected chi connectivity index (χ3v) is 4.29. The smallest absolute Gasteiger partial charge is 0.267 e. The van der Waals surface area contributed by atoms with Gasteiger partial charge in [0.15, 0.2) is 0 Å². The molecule has 1 heterocycles. The van der Waals surface area contributed by atoms with Crippen molar-refractivity contribution in [2.75, 3.05) is 11.9 Å². The van der Waals surface area contributed by atoms with Crippen molar-refractivity contribution in [3.8, 4) is 17.0 Å². The Morgan fingerprint density at radius 3 is 2.54 bits per heavy atom. The number of aryl methyl sites for hydroxylation is 2. The molecule has 0 aliphatic carbocycles. The van der Waals surface area contributed by atoms with E-state index in [1.807, 2.05) is 63.2 Å². The maximum atomic E-state index is 12.4. The van der Waals surface area contributed by atoms with Crippen LogP contribution >= 0.6 is 0 Å². The van der Waals surface area contributed by atoms with E-state index in [0.717, 1.165) is 28.1 Å². The van der Waals surface area contributed by atoms with Crippen LogP contribution in [-0.2, 0) is 11.3 Å². The number of nitrogens with zero attached hydrogens (tertiary/aromatic N) is 2. The molecule has 0 fully saturated rings. The summed E-state index contributed by atoms with van der Waals surface area (Å²) in [6, 6.07) is 16.4. The minimum atomic E-state index is -0.328. The minimum Gasteiger partial charge on any atom is -0.494 e. The lowest BCUT2D eigenvalue weighted by molar-refractivity contribution is -0.117. The van der Waals surface area contributed by atoms with E-state index in [1.54, 1.807) is 6.07 Å². The summed E-state index contributed by atoms with van der Waals surface area (Å²) < 4.78 is 6.61. The van der Waals surface area contributed by atoms with Crippen molar-refractivity contribution in [1.82, 2.24) is 9.78 Å². The summed E-state index contributed by atoms with van der Waals surface area (Å²) in [6.07, 6.45) is 0. The van der Waals surface area contributed by atoms with Gasteiger partial charge in [0.1, 0.15) is 12.3 Å². The van der Waals surface area contributed by atoms with E-state index in [1.165, 1.54) is 10.7 Å². The highest BCUT2D eigenvalue weighted by atomic mass is 16.5. The summed E-state index contributed by atoms with van der Waals surface area (Å²) in [5, 5.41) is 7.19. The summed E-state index contributed by atoms with van der Waals surface area (Å²) in [6.45, 7) is 6.25. The summed E-state index contributed by atoms with van der Waals surface area (Å²) in [4.78, 5) is 24.6. The molecule has 2 aromatic carbocycles. The molecule has 0 atom stereocenters. The molecule has 3 aromatic rings. The van der Waals surface area contributed by atoms with Gasteiger partial charge in [-0.1, -0.05) is 12.1 Å². The van der Waals surface area contributed by atoms with Crippen molar-refractivity contribution in [2.45, 2.75) is 27.3 Å². The number of hydrogen-bond acceptors (Lipinski definition) is 4. The van der Waals surface area contributed by atoms with Gasteiger partial charge < -0.3 is 10.1 Å². The molecule has 0 saturated carbocycles. The fourth-order valence-electron chi connectivity index (χ4n) is 2.80. The Hall–Kier alpha value is -3.41. The second-order valence-corrected chi connectivity index (χ2v) is 6.54. The van der Waals surface area contributed by atoms with Crippen molar-refractivity contribution < 1.29 is 9.53 Å².